The lowest BCUT2D eigenvalue weighted by Crippen LogP contribution is -2.27. The first-order valence-corrected chi connectivity index (χ1v) is 9.29. The Labute approximate surface area is 131 Å². The van der Waals surface area contributed by atoms with Crippen LogP contribution in [0.2, 0.25) is 0 Å². The van der Waals surface area contributed by atoms with Gasteiger partial charge in [-0.3, -0.25) is 0 Å². The summed E-state index contributed by atoms with van der Waals surface area (Å²) in [5, 5.41) is 0. The van der Waals surface area contributed by atoms with E-state index in [9.17, 15) is 9.69 Å². The molecule has 1 aliphatic heterocycles. The zero-order valence-electron chi connectivity index (χ0n) is 12.4. The highest BCUT2D eigenvalue weighted by molar-refractivity contribution is 7.73. The van der Waals surface area contributed by atoms with Crippen molar-refractivity contribution in [3.63, 3.8) is 0 Å². The van der Waals surface area contributed by atoms with E-state index in [1.807, 2.05) is 60.7 Å². The fourth-order valence-corrected chi connectivity index (χ4v) is 5.96. The Bertz CT molecular complexity index is 574. The van der Waals surface area contributed by atoms with Gasteiger partial charge in [0.1, 0.15) is 6.29 Å². The molecule has 1 fully saturated rings. The number of hydrogen-bond acceptors (Lipinski definition) is 4. The van der Waals surface area contributed by atoms with Crippen LogP contribution in [0.25, 0.3) is 0 Å². The maximum absolute atomic E-state index is 11.5. The van der Waals surface area contributed by atoms with Gasteiger partial charge < -0.3 is 19.0 Å². The molecular formula is C17H20N2O2P. The van der Waals surface area contributed by atoms with E-state index >= 15 is 0 Å². The van der Waals surface area contributed by atoms with Crippen molar-refractivity contribution in [2.45, 2.75) is 6.42 Å². The predicted molar refractivity (Wildman–Crippen MR) is 92.3 cm³/mol. The number of benzene rings is 2. The van der Waals surface area contributed by atoms with Gasteiger partial charge in [-0.05, 0) is 24.3 Å². The Morgan fingerprint density at radius 2 is 1.36 bits per heavy atom. The second-order valence-corrected chi connectivity index (χ2v) is 8.09. The van der Waals surface area contributed by atoms with Crippen molar-refractivity contribution >= 4 is 25.5 Å². The Morgan fingerprint density at radius 3 is 1.77 bits per heavy atom. The molecule has 1 saturated heterocycles. The smallest absolute Gasteiger partial charge is 0.162 e. The number of anilines is 2. The van der Waals surface area contributed by atoms with Crippen molar-refractivity contribution < 1.29 is 9.69 Å². The summed E-state index contributed by atoms with van der Waals surface area (Å²) in [7, 11) is -2.57. The first kappa shape index (κ1) is 15.0. The lowest BCUT2D eigenvalue weighted by molar-refractivity contribution is -0.107. The molecule has 22 heavy (non-hydrogen) atoms. The van der Waals surface area contributed by atoms with Crippen LogP contribution in [0.5, 0.6) is 0 Å². The van der Waals surface area contributed by atoms with Crippen LogP contribution >= 0.6 is 7.79 Å². The van der Waals surface area contributed by atoms with E-state index in [0.29, 0.717) is 12.6 Å². The summed E-state index contributed by atoms with van der Waals surface area (Å²) in [6.45, 7) is 1.53. The maximum atomic E-state index is 11.5. The third-order valence-electron chi connectivity index (χ3n) is 3.95. The molecule has 0 unspecified atom stereocenters. The minimum absolute atomic E-state index is 0.372. The van der Waals surface area contributed by atoms with E-state index in [1.54, 1.807) is 0 Å². The van der Waals surface area contributed by atoms with Crippen molar-refractivity contribution in [2.24, 2.45) is 0 Å². The van der Waals surface area contributed by atoms with Crippen LogP contribution in [0.1, 0.15) is 6.42 Å². The number of aldehydes is 1. The first-order chi connectivity index (χ1) is 10.8. The molecule has 1 aliphatic rings. The number of carbonyl (C=O) groups is 1. The molecule has 2 aromatic rings. The van der Waals surface area contributed by atoms with Crippen LogP contribution in [-0.4, -0.2) is 30.4 Å². The summed E-state index contributed by atoms with van der Waals surface area (Å²) >= 11 is 0. The molecule has 0 atom stereocenters. The zero-order chi connectivity index (χ0) is 15.4. The fourth-order valence-electron chi connectivity index (χ4n) is 2.94. The van der Waals surface area contributed by atoms with E-state index in [4.69, 9.17) is 0 Å². The van der Waals surface area contributed by atoms with Crippen LogP contribution in [-0.2, 0) is 4.79 Å². The van der Waals surface area contributed by atoms with Crippen molar-refractivity contribution in [3.8, 4) is 0 Å². The molecule has 2 aromatic carbocycles. The number of rotatable bonds is 5. The van der Waals surface area contributed by atoms with Crippen molar-refractivity contribution in [1.29, 1.82) is 0 Å². The highest BCUT2D eigenvalue weighted by Crippen LogP contribution is 2.66. The predicted octanol–water partition coefficient (Wildman–Crippen LogP) is 3.36. The van der Waals surface area contributed by atoms with Crippen LogP contribution in [0.3, 0.4) is 0 Å². The van der Waals surface area contributed by atoms with Crippen molar-refractivity contribution in [2.75, 3.05) is 28.6 Å². The average Bonchev–Trinajstić information content (AvgIpc) is 2.92. The van der Waals surface area contributed by atoms with Crippen LogP contribution in [0.4, 0.5) is 11.4 Å². The molecule has 4 nitrogen and oxygen atoms in total. The molecule has 0 saturated carbocycles. The lowest BCUT2D eigenvalue weighted by atomic mass is 10.3. The topological polar surface area (TPSA) is 43.8 Å². The summed E-state index contributed by atoms with van der Waals surface area (Å²) in [5.74, 6) is 0. The van der Waals surface area contributed by atoms with Crippen LogP contribution in [0.15, 0.2) is 60.7 Å². The SMILES string of the molecule is O=CCC[P]1(O)N(c2ccccc2)CCN1c1ccccc1. The second kappa shape index (κ2) is 6.47. The van der Waals surface area contributed by atoms with E-state index in [1.165, 1.54) is 0 Å². The second-order valence-electron chi connectivity index (χ2n) is 5.29. The van der Waals surface area contributed by atoms with Gasteiger partial charge >= 0.3 is 0 Å². The number of carbonyl (C=O) groups excluding carboxylic acids is 1. The molecular weight excluding hydrogens is 295 g/mol. The summed E-state index contributed by atoms with van der Waals surface area (Å²) in [6, 6.07) is 19.9. The molecule has 3 rings (SSSR count). The van der Waals surface area contributed by atoms with Gasteiger partial charge in [0, 0.05) is 37.0 Å². The molecule has 0 amide bonds. The Balaban J connectivity index is 1.97. The molecule has 115 valence electrons. The summed E-state index contributed by atoms with van der Waals surface area (Å²) in [6.07, 6.45) is 1.75. The van der Waals surface area contributed by atoms with E-state index < -0.39 is 7.79 Å². The normalized spacial score (nSPS) is 16.8. The summed E-state index contributed by atoms with van der Waals surface area (Å²) < 4.78 is 4.17. The molecule has 0 bridgehead atoms. The van der Waals surface area contributed by atoms with Gasteiger partial charge in [-0.2, -0.15) is 0 Å². The molecule has 0 aromatic heterocycles. The van der Waals surface area contributed by atoms with Crippen molar-refractivity contribution in [3.05, 3.63) is 60.7 Å². The molecule has 1 radical (unpaired) electrons. The standard InChI is InChI=1S/C17H20N2O2P/c20-14-7-15-22(21)18(16-8-3-1-4-9-16)12-13-19(22)17-10-5-2-6-11-17/h1-6,8-11,14,21H,7,12-13,15H2. The lowest BCUT2D eigenvalue weighted by Gasteiger charge is -2.42. The first-order valence-electron chi connectivity index (χ1n) is 7.46. The Morgan fingerprint density at radius 1 is 0.909 bits per heavy atom. The van der Waals surface area contributed by atoms with E-state index in [0.717, 1.165) is 30.8 Å². The largest absolute Gasteiger partial charge is 0.345 e. The van der Waals surface area contributed by atoms with E-state index in [2.05, 4.69) is 9.34 Å². The van der Waals surface area contributed by atoms with Crippen LogP contribution in [0, 0.1) is 0 Å². The third-order valence-corrected chi connectivity index (χ3v) is 7.22. The number of nitrogens with zero attached hydrogens (tertiary/aromatic N) is 2. The number of hydrogen-bond donors (Lipinski definition) is 1. The maximum Gasteiger partial charge on any atom is 0.162 e. The fraction of sp³-hybridized carbons (Fsp3) is 0.235. The van der Waals surface area contributed by atoms with E-state index in [-0.39, 0.29) is 0 Å². The Hall–Kier alpha value is -1.90. The number of para-hydroxylation sites is 2. The molecule has 0 aliphatic carbocycles. The molecule has 1 N–H and O–H groups in total. The highest BCUT2D eigenvalue weighted by atomic mass is 31.2. The van der Waals surface area contributed by atoms with Crippen LogP contribution < -0.4 is 9.34 Å². The summed E-state index contributed by atoms with van der Waals surface area (Å²) in [5.41, 5.74) is 2.03. The van der Waals surface area contributed by atoms with Crippen molar-refractivity contribution in [1.82, 2.24) is 0 Å². The van der Waals surface area contributed by atoms with Gasteiger partial charge in [0.15, 0.2) is 7.79 Å². The van der Waals surface area contributed by atoms with Gasteiger partial charge in [-0.25, -0.2) is 0 Å². The quantitative estimate of drug-likeness (QED) is 0.679. The van der Waals surface area contributed by atoms with Gasteiger partial charge in [-0.15, -0.1) is 0 Å². The van der Waals surface area contributed by atoms with Gasteiger partial charge in [0.25, 0.3) is 0 Å². The van der Waals surface area contributed by atoms with Gasteiger partial charge in [0.2, 0.25) is 0 Å². The molecule has 1 heterocycles. The molecule has 5 heteroatoms. The monoisotopic (exact) mass is 315 g/mol. The average molecular weight is 315 g/mol. The molecule has 0 spiro atoms. The highest BCUT2D eigenvalue weighted by Gasteiger charge is 2.44. The summed E-state index contributed by atoms with van der Waals surface area (Å²) in [4.78, 5) is 22.3. The zero-order valence-corrected chi connectivity index (χ0v) is 13.3. The Kier molecular flexibility index (Phi) is 4.41. The minimum atomic E-state index is -2.57. The van der Waals surface area contributed by atoms with Gasteiger partial charge in [-0.1, -0.05) is 36.4 Å². The minimum Gasteiger partial charge on any atom is -0.345 e. The van der Waals surface area contributed by atoms with Gasteiger partial charge in [0.05, 0.1) is 0 Å². The third kappa shape index (κ3) is 2.72.